The van der Waals surface area contributed by atoms with Gasteiger partial charge < -0.3 is 9.51 Å². The van der Waals surface area contributed by atoms with Crippen molar-refractivity contribution in [1.82, 2.24) is 9.38 Å². The predicted molar refractivity (Wildman–Crippen MR) is 49.9 cm³/mol. The third-order valence-electron chi connectivity index (χ3n) is 1.69. The molecule has 0 aliphatic carbocycles. The molecule has 0 fully saturated rings. The van der Waals surface area contributed by atoms with Gasteiger partial charge in [-0.2, -0.15) is 0 Å². The highest BCUT2D eigenvalue weighted by Crippen LogP contribution is 2.12. The Kier molecular flexibility index (Phi) is 1.81. The van der Waals surface area contributed by atoms with Gasteiger partial charge in [-0.1, -0.05) is 0 Å². The van der Waals surface area contributed by atoms with Gasteiger partial charge in [-0.15, -0.1) is 0 Å². The summed E-state index contributed by atoms with van der Waals surface area (Å²) in [5.41, 5.74) is 1.03. The quantitative estimate of drug-likeness (QED) is 0.828. The lowest BCUT2D eigenvalue weighted by Gasteiger charge is -1.92. The molecule has 0 unspecified atom stereocenters. The second kappa shape index (κ2) is 2.85. The molecular weight excluding hydrogens is 236 g/mol. The molecule has 2 rings (SSSR count). The summed E-state index contributed by atoms with van der Waals surface area (Å²) in [6.45, 7) is 0. The average molecular weight is 241 g/mol. The van der Waals surface area contributed by atoms with Crippen molar-refractivity contribution in [2.24, 2.45) is 0 Å². The molecule has 0 aliphatic rings. The number of aromatic carboxylic acids is 1. The molecule has 0 saturated carbocycles. The van der Waals surface area contributed by atoms with Crippen LogP contribution in [0.1, 0.15) is 10.4 Å². The van der Waals surface area contributed by atoms with E-state index in [1.807, 2.05) is 0 Å². The lowest BCUT2D eigenvalue weighted by atomic mass is 10.3. The second-order valence-corrected chi connectivity index (χ2v) is 3.39. The molecule has 5 heteroatoms. The van der Waals surface area contributed by atoms with Crippen LogP contribution in [0, 0.1) is 0 Å². The Hall–Kier alpha value is -1.36. The van der Waals surface area contributed by atoms with Crippen molar-refractivity contribution in [3.63, 3.8) is 0 Å². The van der Waals surface area contributed by atoms with Gasteiger partial charge in [0.15, 0.2) is 0 Å². The summed E-state index contributed by atoms with van der Waals surface area (Å²) in [7, 11) is 0. The molecule has 2 heterocycles. The Balaban J connectivity index is 2.68. The molecule has 0 bridgehead atoms. The molecule has 0 aliphatic heterocycles. The Labute approximate surface area is 82.0 Å². The molecule has 4 nitrogen and oxygen atoms in total. The number of aromatic nitrogens is 2. The van der Waals surface area contributed by atoms with E-state index in [0.717, 1.165) is 5.52 Å². The van der Waals surface area contributed by atoms with Crippen LogP contribution in [0.5, 0.6) is 0 Å². The molecule has 0 radical (unpaired) electrons. The highest BCUT2D eigenvalue weighted by atomic mass is 79.9. The number of nitrogens with zero attached hydrogens (tertiary/aromatic N) is 2. The van der Waals surface area contributed by atoms with Gasteiger partial charge >= 0.3 is 5.97 Å². The van der Waals surface area contributed by atoms with Gasteiger partial charge in [-0.3, -0.25) is 0 Å². The Bertz CT molecular complexity index is 478. The van der Waals surface area contributed by atoms with Gasteiger partial charge in [0.05, 0.1) is 17.3 Å². The maximum Gasteiger partial charge on any atom is 0.337 e. The van der Waals surface area contributed by atoms with E-state index in [0.29, 0.717) is 4.60 Å². The van der Waals surface area contributed by atoms with Crippen molar-refractivity contribution in [2.45, 2.75) is 0 Å². The lowest BCUT2D eigenvalue weighted by Crippen LogP contribution is -1.92. The summed E-state index contributed by atoms with van der Waals surface area (Å²) in [5.74, 6) is -0.931. The highest BCUT2D eigenvalue weighted by molar-refractivity contribution is 9.10. The van der Waals surface area contributed by atoms with E-state index in [1.165, 1.54) is 0 Å². The van der Waals surface area contributed by atoms with Crippen molar-refractivity contribution in [3.8, 4) is 0 Å². The second-order valence-electron chi connectivity index (χ2n) is 2.58. The zero-order chi connectivity index (χ0) is 9.42. The first-order valence-electron chi connectivity index (χ1n) is 3.53. The van der Waals surface area contributed by atoms with E-state index in [-0.39, 0.29) is 5.56 Å². The van der Waals surface area contributed by atoms with Crippen LogP contribution in [-0.2, 0) is 0 Å². The lowest BCUT2D eigenvalue weighted by molar-refractivity contribution is 0.0697. The summed E-state index contributed by atoms with van der Waals surface area (Å²) in [5, 5.41) is 8.71. The minimum Gasteiger partial charge on any atom is -0.478 e. The smallest absolute Gasteiger partial charge is 0.337 e. The third kappa shape index (κ3) is 1.42. The number of carbonyl (C=O) groups is 1. The van der Waals surface area contributed by atoms with Crippen LogP contribution < -0.4 is 0 Å². The summed E-state index contributed by atoms with van der Waals surface area (Å²) in [6, 6.07) is 1.57. The maximum absolute atomic E-state index is 10.6. The average Bonchev–Trinajstić information content (AvgIpc) is 2.46. The molecule has 13 heavy (non-hydrogen) atoms. The van der Waals surface area contributed by atoms with Crippen molar-refractivity contribution < 1.29 is 9.90 Å². The molecule has 0 atom stereocenters. The first-order chi connectivity index (χ1) is 6.16. The molecule has 0 spiro atoms. The number of rotatable bonds is 1. The summed E-state index contributed by atoms with van der Waals surface area (Å²) >= 11 is 3.20. The molecular formula is C8H5BrN2O2. The Morgan fingerprint density at radius 1 is 1.54 bits per heavy atom. The molecule has 0 aromatic carbocycles. The largest absolute Gasteiger partial charge is 0.478 e. The van der Waals surface area contributed by atoms with Crippen LogP contribution in [0.25, 0.3) is 5.52 Å². The first kappa shape index (κ1) is 8.25. The summed E-state index contributed by atoms with van der Waals surface area (Å²) in [6.07, 6.45) is 4.86. The van der Waals surface area contributed by atoms with Gasteiger partial charge in [0, 0.05) is 12.4 Å². The number of carboxylic acids is 1. The molecule has 66 valence electrons. The predicted octanol–water partition coefficient (Wildman–Crippen LogP) is 1.79. The van der Waals surface area contributed by atoms with Crippen molar-refractivity contribution in [3.05, 3.63) is 34.8 Å². The van der Waals surface area contributed by atoms with Crippen LogP contribution in [0.3, 0.4) is 0 Å². The molecule has 1 N–H and O–H groups in total. The third-order valence-corrected chi connectivity index (χ3v) is 2.10. The maximum atomic E-state index is 10.6. The van der Waals surface area contributed by atoms with Gasteiger partial charge in [-0.25, -0.2) is 9.78 Å². The number of hydrogen-bond acceptors (Lipinski definition) is 2. The van der Waals surface area contributed by atoms with Gasteiger partial charge in [-0.05, 0) is 22.0 Å². The van der Waals surface area contributed by atoms with Crippen LogP contribution >= 0.6 is 15.9 Å². The van der Waals surface area contributed by atoms with Crippen LogP contribution in [0.4, 0.5) is 0 Å². The molecule has 0 amide bonds. The van der Waals surface area contributed by atoms with Crippen LogP contribution in [0.2, 0.25) is 0 Å². The SMILES string of the molecule is O=C(O)c1cc2cnc(Br)cn2c1. The van der Waals surface area contributed by atoms with Crippen molar-refractivity contribution in [1.29, 1.82) is 0 Å². The zero-order valence-electron chi connectivity index (χ0n) is 6.44. The van der Waals surface area contributed by atoms with E-state index in [9.17, 15) is 4.79 Å². The number of hydrogen-bond donors (Lipinski definition) is 1. The van der Waals surface area contributed by atoms with E-state index in [1.54, 1.807) is 29.1 Å². The van der Waals surface area contributed by atoms with Crippen molar-refractivity contribution in [2.75, 3.05) is 0 Å². The highest BCUT2D eigenvalue weighted by Gasteiger charge is 2.06. The van der Waals surface area contributed by atoms with E-state index >= 15 is 0 Å². The summed E-state index contributed by atoms with van der Waals surface area (Å²) < 4.78 is 2.38. The topological polar surface area (TPSA) is 54.6 Å². The van der Waals surface area contributed by atoms with Gasteiger partial charge in [0.25, 0.3) is 0 Å². The minimum atomic E-state index is -0.931. The van der Waals surface area contributed by atoms with E-state index in [4.69, 9.17) is 5.11 Å². The van der Waals surface area contributed by atoms with Crippen molar-refractivity contribution >= 4 is 27.4 Å². The molecule has 2 aromatic rings. The summed E-state index contributed by atoms with van der Waals surface area (Å²) in [4.78, 5) is 14.6. The fraction of sp³-hybridized carbons (Fsp3) is 0. The number of fused-ring (bicyclic) bond motifs is 1. The number of carboxylic acid groups (broad SMARTS) is 1. The van der Waals surface area contributed by atoms with Crippen LogP contribution in [-0.4, -0.2) is 20.5 Å². The van der Waals surface area contributed by atoms with E-state index in [2.05, 4.69) is 20.9 Å². The number of halogens is 1. The zero-order valence-corrected chi connectivity index (χ0v) is 8.02. The van der Waals surface area contributed by atoms with Crippen LogP contribution in [0.15, 0.2) is 29.3 Å². The Morgan fingerprint density at radius 3 is 3.00 bits per heavy atom. The molecule has 2 aromatic heterocycles. The normalized spacial score (nSPS) is 10.5. The molecule has 0 saturated heterocycles. The fourth-order valence-electron chi connectivity index (χ4n) is 1.10. The van der Waals surface area contributed by atoms with Gasteiger partial charge in [0.1, 0.15) is 4.60 Å². The van der Waals surface area contributed by atoms with E-state index < -0.39 is 5.97 Å². The fourth-order valence-corrected chi connectivity index (χ4v) is 1.43. The Morgan fingerprint density at radius 2 is 2.31 bits per heavy atom. The van der Waals surface area contributed by atoms with Gasteiger partial charge in [0.2, 0.25) is 0 Å². The monoisotopic (exact) mass is 240 g/mol. The first-order valence-corrected chi connectivity index (χ1v) is 4.32. The standard InChI is InChI=1S/C8H5BrN2O2/c9-7-4-11-3-5(8(12)13)1-6(11)2-10-7/h1-4H,(H,12,13). The minimum absolute atomic E-state index is 0.264.